The van der Waals surface area contributed by atoms with Crippen LogP contribution in [0, 0.1) is 5.92 Å². The molecule has 0 fully saturated rings. The summed E-state index contributed by atoms with van der Waals surface area (Å²) in [5.74, 6) is -0.783. The summed E-state index contributed by atoms with van der Waals surface area (Å²) in [4.78, 5) is 23.6. The SMILES string of the molecule is COc1c(CC[C@H](C)C(=O)O)ccc2c(=O)c3ccccc3oc12. The number of methoxy groups -OCH3 is 1. The second-order valence-corrected chi connectivity index (χ2v) is 5.84. The van der Waals surface area contributed by atoms with Gasteiger partial charge in [-0.2, -0.15) is 0 Å². The number of carbonyl (C=O) groups is 1. The van der Waals surface area contributed by atoms with Gasteiger partial charge in [-0.25, -0.2) is 0 Å². The molecule has 0 saturated carbocycles. The van der Waals surface area contributed by atoms with Gasteiger partial charge in [-0.3, -0.25) is 9.59 Å². The van der Waals surface area contributed by atoms with E-state index < -0.39 is 11.9 Å². The third kappa shape index (κ3) is 2.73. The minimum atomic E-state index is -0.827. The Morgan fingerprint density at radius 3 is 2.67 bits per heavy atom. The minimum absolute atomic E-state index is 0.101. The van der Waals surface area contributed by atoms with Crippen molar-refractivity contribution in [1.82, 2.24) is 0 Å². The zero-order valence-electron chi connectivity index (χ0n) is 13.5. The standard InChI is InChI=1S/C19H18O5/c1-11(19(21)22)7-8-12-9-10-14-16(20)13-5-3-4-6-15(13)24-18(14)17(12)23-2/h3-6,9-11H,7-8H2,1-2H3,(H,21,22)/t11-/m0/s1. The number of para-hydroxylation sites is 1. The molecule has 3 rings (SSSR count). The predicted octanol–water partition coefficient (Wildman–Crippen LogP) is 3.61. The van der Waals surface area contributed by atoms with Gasteiger partial charge < -0.3 is 14.3 Å². The summed E-state index contributed by atoms with van der Waals surface area (Å²) >= 11 is 0. The van der Waals surface area contributed by atoms with Gasteiger partial charge >= 0.3 is 5.97 Å². The van der Waals surface area contributed by atoms with Crippen LogP contribution in [-0.2, 0) is 11.2 Å². The van der Waals surface area contributed by atoms with Crippen LogP contribution in [0.4, 0.5) is 0 Å². The average Bonchev–Trinajstić information content (AvgIpc) is 2.59. The maximum atomic E-state index is 12.6. The van der Waals surface area contributed by atoms with Crippen molar-refractivity contribution in [3.05, 3.63) is 52.2 Å². The maximum absolute atomic E-state index is 12.6. The quantitative estimate of drug-likeness (QED) is 0.725. The molecule has 5 nitrogen and oxygen atoms in total. The Kier molecular flexibility index (Phi) is 4.25. The van der Waals surface area contributed by atoms with Gasteiger partial charge in [-0.1, -0.05) is 25.1 Å². The van der Waals surface area contributed by atoms with E-state index in [-0.39, 0.29) is 5.43 Å². The Balaban J connectivity index is 2.14. The van der Waals surface area contributed by atoms with Crippen LogP contribution in [0.2, 0.25) is 0 Å². The maximum Gasteiger partial charge on any atom is 0.306 e. The Labute approximate surface area is 138 Å². The van der Waals surface area contributed by atoms with Gasteiger partial charge in [0.2, 0.25) is 5.43 Å². The molecule has 24 heavy (non-hydrogen) atoms. The Morgan fingerprint density at radius 2 is 1.96 bits per heavy atom. The first-order valence-electron chi connectivity index (χ1n) is 7.77. The van der Waals surface area contributed by atoms with E-state index in [0.717, 1.165) is 5.56 Å². The topological polar surface area (TPSA) is 76.7 Å². The summed E-state index contributed by atoms with van der Waals surface area (Å²) in [6, 6.07) is 10.6. The van der Waals surface area contributed by atoms with Gasteiger partial charge in [-0.05, 0) is 36.6 Å². The van der Waals surface area contributed by atoms with E-state index in [2.05, 4.69) is 0 Å². The molecule has 0 aliphatic carbocycles. The monoisotopic (exact) mass is 326 g/mol. The number of carboxylic acids is 1. The zero-order valence-corrected chi connectivity index (χ0v) is 13.5. The molecule has 0 bridgehead atoms. The summed E-state index contributed by atoms with van der Waals surface area (Å²) in [5.41, 5.74) is 1.64. The number of benzene rings is 2. The molecule has 0 radical (unpaired) electrons. The highest BCUT2D eigenvalue weighted by Gasteiger charge is 2.17. The number of ether oxygens (including phenoxy) is 1. The van der Waals surface area contributed by atoms with Crippen molar-refractivity contribution in [2.24, 2.45) is 5.92 Å². The number of aliphatic carboxylic acids is 1. The van der Waals surface area contributed by atoms with Crippen molar-refractivity contribution in [2.75, 3.05) is 7.11 Å². The molecule has 0 amide bonds. The highest BCUT2D eigenvalue weighted by molar-refractivity contribution is 5.93. The summed E-state index contributed by atoms with van der Waals surface area (Å²) in [6.07, 6.45) is 1.01. The lowest BCUT2D eigenvalue weighted by Gasteiger charge is -2.12. The molecule has 1 aromatic heterocycles. The number of fused-ring (bicyclic) bond motifs is 2. The van der Waals surface area contributed by atoms with Crippen LogP contribution in [0.5, 0.6) is 5.75 Å². The molecule has 1 atom stereocenters. The molecule has 0 aliphatic rings. The second kappa shape index (κ2) is 6.35. The molecule has 0 unspecified atom stereocenters. The van der Waals surface area contributed by atoms with Crippen LogP contribution in [-0.4, -0.2) is 18.2 Å². The predicted molar refractivity (Wildman–Crippen MR) is 91.7 cm³/mol. The molecular weight excluding hydrogens is 308 g/mol. The first-order chi connectivity index (χ1) is 11.5. The van der Waals surface area contributed by atoms with Crippen molar-refractivity contribution < 1.29 is 19.1 Å². The van der Waals surface area contributed by atoms with Crippen molar-refractivity contribution >= 4 is 27.9 Å². The number of hydrogen-bond acceptors (Lipinski definition) is 4. The lowest BCUT2D eigenvalue weighted by atomic mass is 9.99. The van der Waals surface area contributed by atoms with Crippen LogP contribution in [0.25, 0.3) is 21.9 Å². The lowest BCUT2D eigenvalue weighted by molar-refractivity contribution is -0.141. The van der Waals surface area contributed by atoms with E-state index in [1.165, 1.54) is 7.11 Å². The Bertz CT molecular complexity index is 971. The van der Waals surface area contributed by atoms with E-state index in [9.17, 15) is 9.59 Å². The van der Waals surface area contributed by atoms with E-state index >= 15 is 0 Å². The molecule has 0 spiro atoms. The number of hydrogen-bond donors (Lipinski definition) is 1. The van der Waals surface area contributed by atoms with E-state index in [1.54, 1.807) is 37.3 Å². The van der Waals surface area contributed by atoms with Crippen molar-refractivity contribution in [3.8, 4) is 5.75 Å². The first-order valence-corrected chi connectivity index (χ1v) is 7.77. The number of aryl methyl sites for hydroxylation is 1. The first kappa shape index (κ1) is 16.1. The second-order valence-electron chi connectivity index (χ2n) is 5.84. The van der Waals surface area contributed by atoms with Crippen molar-refractivity contribution in [1.29, 1.82) is 0 Å². The molecule has 5 heteroatoms. The van der Waals surface area contributed by atoms with Crippen LogP contribution in [0.1, 0.15) is 18.9 Å². The fourth-order valence-electron chi connectivity index (χ4n) is 2.80. The molecule has 3 aromatic rings. The van der Waals surface area contributed by atoms with Gasteiger partial charge in [-0.15, -0.1) is 0 Å². The van der Waals surface area contributed by atoms with Crippen LogP contribution < -0.4 is 10.2 Å². The number of rotatable bonds is 5. The van der Waals surface area contributed by atoms with Crippen molar-refractivity contribution in [2.45, 2.75) is 19.8 Å². The van der Waals surface area contributed by atoms with Gasteiger partial charge in [0.25, 0.3) is 0 Å². The third-order valence-electron chi connectivity index (χ3n) is 4.25. The fraction of sp³-hybridized carbons (Fsp3) is 0.263. The normalized spacial score (nSPS) is 12.4. The fourth-order valence-corrected chi connectivity index (χ4v) is 2.80. The highest BCUT2D eigenvalue weighted by atomic mass is 16.5. The van der Waals surface area contributed by atoms with E-state index in [4.69, 9.17) is 14.3 Å². The Morgan fingerprint density at radius 1 is 1.21 bits per heavy atom. The highest BCUT2D eigenvalue weighted by Crippen LogP contribution is 2.31. The third-order valence-corrected chi connectivity index (χ3v) is 4.25. The molecule has 0 saturated heterocycles. The van der Waals surface area contributed by atoms with E-state index in [0.29, 0.717) is 40.5 Å². The molecular formula is C19H18O5. The van der Waals surface area contributed by atoms with Crippen molar-refractivity contribution in [3.63, 3.8) is 0 Å². The summed E-state index contributed by atoms with van der Waals surface area (Å²) < 4.78 is 11.4. The van der Waals surface area contributed by atoms with Gasteiger partial charge in [0.15, 0.2) is 11.3 Å². The summed E-state index contributed by atoms with van der Waals surface area (Å²) in [5, 5.41) is 10.0. The smallest absolute Gasteiger partial charge is 0.306 e. The van der Waals surface area contributed by atoms with Gasteiger partial charge in [0.1, 0.15) is 5.58 Å². The molecule has 124 valence electrons. The van der Waals surface area contributed by atoms with Crippen LogP contribution in [0.3, 0.4) is 0 Å². The van der Waals surface area contributed by atoms with Crippen LogP contribution >= 0.6 is 0 Å². The average molecular weight is 326 g/mol. The Hall–Kier alpha value is -2.82. The zero-order chi connectivity index (χ0) is 17.3. The minimum Gasteiger partial charge on any atom is -0.493 e. The molecule has 0 aliphatic heterocycles. The van der Waals surface area contributed by atoms with Crippen LogP contribution in [0.15, 0.2) is 45.6 Å². The van der Waals surface area contributed by atoms with E-state index in [1.807, 2.05) is 6.07 Å². The molecule has 1 N–H and O–H groups in total. The van der Waals surface area contributed by atoms with Gasteiger partial charge in [0.05, 0.1) is 23.8 Å². The summed E-state index contributed by atoms with van der Waals surface area (Å²) in [6.45, 7) is 1.67. The molecule has 1 heterocycles. The number of carboxylic acid groups (broad SMARTS) is 1. The largest absolute Gasteiger partial charge is 0.493 e. The van der Waals surface area contributed by atoms with Gasteiger partial charge in [0, 0.05) is 0 Å². The lowest BCUT2D eigenvalue weighted by Crippen LogP contribution is -2.11. The summed E-state index contributed by atoms with van der Waals surface area (Å²) in [7, 11) is 1.52. The molecule has 2 aromatic carbocycles.